The lowest BCUT2D eigenvalue weighted by Crippen LogP contribution is -2.50. The number of amides is 1. The molecule has 6 rings (SSSR count). The minimum Gasteiger partial charge on any atom is -0.486 e. The Morgan fingerprint density at radius 3 is 2.64 bits per heavy atom. The second-order valence-corrected chi connectivity index (χ2v) is 11.8. The Balaban J connectivity index is 1.10. The van der Waals surface area contributed by atoms with Crippen molar-refractivity contribution in [2.24, 2.45) is 0 Å². The van der Waals surface area contributed by atoms with E-state index in [9.17, 15) is 10.1 Å². The molecule has 1 aromatic heterocycles. The highest BCUT2D eigenvalue weighted by Crippen LogP contribution is 2.32. The highest BCUT2D eigenvalue weighted by atomic mass is 19.1. The Hall–Kier alpha value is -4.80. The number of aryl methyl sites for hydroxylation is 1. The molecule has 2 aromatic carbocycles. The second kappa shape index (κ2) is 13.1. The fourth-order valence-electron chi connectivity index (χ4n) is 6.06. The van der Waals surface area contributed by atoms with Gasteiger partial charge in [-0.1, -0.05) is 6.07 Å². The predicted molar refractivity (Wildman–Crippen MR) is 167 cm³/mol. The summed E-state index contributed by atoms with van der Waals surface area (Å²) in [5.74, 6) is 1.33. The first-order valence-corrected chi connectivity index (χ1v) is 15.1. The molecule has 4 heterocycles. The van der Waals surface area contributed by atoms with Crippen molar-refractivity contribution < 1.29 is 13.9 Å². The lowest BCUT2D eigenvalue weighted by Gasteiger charge is -2.35. The van der Waals surface area contributed by atoms with Crippen LogP contribution in [0.3, 0.4) is 0 Å². The molecule has 3 aliphatic rings. The number of aromatic nitrogens is 3. The predicted octanol–water partition coefficient (Wildman–Crippen LogP) is 3.39. The number of benzene rings is 2. The average Bonchev–Trinajstić information content (AvgIpc) is 3.48. The highest BCUT2D eigenvalue weighted by Gasteiger charge is 2.35. The summed E-state index contributed by atoms with van der Waals surface area (Å²) in [6.45, 7) is 4.59. The van der Waals surface area contributed by atoms with Gasteiger partial charge in [0.2, 0.25) is 5.95 Å². The smallest absolute Gasteiger partial charge is 0.273 e. The third-order valence-corrected chi connectivity index (χ3v) is 8.58. The first kappa shape index (κ1) is 30.2. The fourth-order valence-corrected chi connectivity index (χ4v) is 6.06. The zero-order chi connectivity index (χ0) is 31.5. The van der Waals surface area contributed by atoms with Gasteiger partial charge in [0.15, 0.2) is 12.0 Å². The number of carbonyl (C=O) groups excluding carboxylic acids is 1. The number of piperidine rings is 2. The van der Waals surface area contributed by atoms with Gasteiger partial charge in [-0.2, -0.15) is 10.2 Å². The molecule has 45 heavy (non-hydrogen) atoms. The molecule has 234 valence electrons. The number of hydrazine groups is 2. The number of likely N-dealkylation sites (tertiary alicyclic amines) is 2. The number of hydrogen-bond donors (Lipinski definition) is 3. The SMILES string of the molecule is Cc1cc(Nc2ncnc(-c3ccc(O[C@H]4CCN(C(=O)C5=CN(C)NN5)C[C@H]4F)c(C#N)c3)n2)ccc1C1CCN(C)CC1. The fraction of sp³-hybridized carbons (Fsp3) is 0.406. The monoisotopic (exact) mass is 612 g/mol. The van der Waals surface area contributed by atoms with E-state index in [0.29, 0.717) is 35.5 Å². The number of nitrogens with one attached hydrogen (secondary N) is 3. The van der Waals surface area contributed by atoms with E-state index in [-0.39, 0.29) is 30.2 Å². The van der Waals surface area contributed by atoms with E-state index >= 15 is 4.39 Å². The molecule has 3 N–H and O–H groups in total. The van der Waals surface area contributed by atoms with Gasteiger partial charge in [-0.25, -0.2) is 14.4 Å². The minimum atomic E-state index is -1.42. The maximum Gasteiger partial charge on any atom is 0.273 e. The molecular weight excluding hydrogens is 575 g/mol. The molecule has 0 radical (unpaired) electrons. The molecule has 13 heteroatoms. The van der Waals surface area contributed by atoms with Crippen LogP contribution in [0.2, 0.25) is 0 Å². The van der Waals surface area contributed by atoms with Crippen LogP contribution in [0.1, 0.15) is 41.9 Å². The first-order chi connectivity index (χ1) is 21.8. The molecule has 0 saturated carbocycles. The van der Waals surface area contributed by atoms with Crippen molar-refractivity contribution in [3.63, 3.8) is 0 Å². The Morgan fingerprint density at radius 1 is 1.11 bits per heavy atom. The number of nitriles is 1. The standard InChI is InChI=1S/C32H37FN10O2/c1-20-14-24(5-6-25(20)21-8-11-41(2)12-9-21)37-32-36-19-35-30(38-32)22-4-7-28(23(15-22)16-34)45-29-10-13-43(17-26(29)33)31(44)27-18-42(3)40-39-27/h4-7,14-15,18-19,21,26,29,39-40H,8-13,17H2,1-3H3,(H,35,36,37,38)/t26-,29+/m1/s1. The van der Waals surface area contributed by atoms with E-state index < -0.39 is 12.3 Å². The average molecular weight is 613 g/mol. The van der Waals surface area contributed by atoms with Gasteiger partial charge in [0.1, 0.15) is 29.9 Å². The summed E-state index contributed by atoms with van der Waals surface area (Å²) in [4.78, 5) is 29.7. The molecular formula is C32H37FN10O2. The molecule has 2 atom stereocenters. The van der Waals surface area contributed by atoms with Crippen LogP contribution >= 0.6 is 0 Å². The highest BCUT2D eigenvalue weighted by molar-refractivity contribution is 5.93. The lowest BCUT2D eigenvalue weighted by molar-refractivity contribution is -0.131. The summed E-state index contributed by atoms with van der Waals surface area (Å²) >= 11 is 0. The number of rotatable bonds is 7. The quantitative estimate of drug-likeness (QED) is 0.363. The number of halogens is 1. The zero-order valence-corrected chi connectivity index (χ0v) is 25.6. The van der Waals surface area contributed by atoms with Crippen LogP contribution in [-0.2, 0) is 4.79 Å². The topological polar surface area (TPSA) is 135 Å². The van der Waals surface area contributed by atoms with Crippen LogP contribution < -0.4 is 21.0 Å². The Morgan fingerprint density at radius 2 is 1.93 bits per heavy atom. The van der Waals surface area contributed by atoms with Gasteiger partial charge in [0, 0.05) is 37.5 Å². The molecule has 2 saturated heterocycles. The van der Waals surface area contributed by atoms with E-state index in [4.69, 9.17) is 4.74 Å². The van der Waals surface area contributed by atoms with Crippen molar-refractivity contribution in [3.05, 3.63) is 71.3 Å². The van der Waals surface area contributed by atoms with Crippen LogP contribution in [0.15, 0.2) is 54.6 Å². The molecule has 12 nitrogen and oxygen atoms in total. The largest absolute Gasteiger partial charge is 0.486 e. The van der Waals surface area contributed by atoms with Crippen molar-refractivity contribution >= 4 is 17.5 Å². The minimum absolute atomic E-state index is 0.104. The van der Waals surface area contributed by atoms with E-state index in [2.05, 4.69) is 74.4 Å². The number of nitrogens with zero attached hydrogens (tertiary/aromatic N) is 7. The molecule has 3 aliphatic heterocycles. The Kier molecular flexibility index (Phi) is 8.77. The third-order valence-electron chi connectivity index (χ3n) is 8.58. The number of hydrogen-bond acceptors (Lipinski definition) is 11. The van der Waals surface area contributed by atoms with Gasteiger partial charge in [0.05, 0.1) is 12.1 Å². The summed E-state index contributed by atoms with van der Waals surface area (Å²) in [6.07, 6.45) is 3.44. The summed E-state index contributed by atoms with van der Waals surface area (Å²) in [5.41, 5.74) is 10.2. The van der Waals surface area contributed by atoms with Crippen molar-refractivity contribution in [1.82, 2.24) is 40.7 Å². The van der Waals surface area contributed by atoms with Crippen molar-refractivity contribution in [2.45, 2.75) is 44.4 Å². The number of ether oxygens (including phenoxy) is 1. The number of alkyl halides is 1. The van der Waals surface area contributed by atoms with Gasteiger partial charge in [-0.05, 0) is 87.3 Å². The van der Waals surface area contributed by atoms with Crippen molar-refractivity contribution in [2.75, 3.05) is 45.6 Å². The molecule has 0 unspecified atom stereocenters. The summed E-state index contributed by atoms with van der Waals surface area (Å²) in [6, 6.07) is 13.5. The van der Waals surface area contributed by atoms with Crippen LogP contribution in [0.5, 0.6) is 5.75 Å². The van der Waals surface area contributed by atoms with Crippen LogP contribution in [0.4, 0.5) is 16.0 Å². The van der Waals surface area contributed by atoms with E-state index in [0.717, 1.165) is 31.6 Å². The number of carbonyl (C=O) groups is 1. The molecule has 0 bridgehead atoms. The van der Waals surface area contributed by atoms with Gasteiger partial charge in [0.25, 0.3) is 5.91 Å². The Labute approximate surface area is 261 Å². The summed E-state index contributed by atoms with van der Waals surface area (Å²) in [5, 5.41) is 14.8. The van der Waals surface area contributed by atoms with E-state index in [1.807, 2.05) is 0 Å². The maximum atomic E-state index is 15.2. The lowest BCUT2D eigenvalue weighted by atomic mass is 9.87. The Bertz CT molecular complexity index is 1630. The van der Waals surface area contributed by atoms with Crippen molar-refractivity contribution in [1.29, 1.82) is 5.26 Å². The van der Waals surface area contributed by atoms with E-state index in [1.54, 1.807) is 36.5 Å². The molecule has 0 spiro atoms. The summed E-state index contributed by atoms with van der Waals surface area (Å²) in [7, 11) is 3.92. The van der Waals surface area contributed by atoms with Gasteiger partial charge >= 0.3 is 0 Å². The van der Waals surface area contributed by atoms with Gasteiger partial charge in [-0.15, -0.1) is 5.53 Å². The van der Waals surface area contributed by atoms with Gasteiger partial charge < -0.3 is 19.9 Å². The van der Waals surface area contributed by atoms with Crippen LogP contribution in [-0.4, -0.2) is 88.2 Å². The number of anilines is 2. The summed E-state index contributed by atoms with van der Waals surface area (Å²) < 4.78 is 21.1. The first-order valence-electron chi connectivity index (χ1n) is 15.1. The van der Waals surface area contributed by atoms with Gasteiger partial charge in [-0.3, -0.25) is 15.2 Å². The maximum absolute atomic E-state index is 15.2. The molecule has 1 amide bonds. The van der Waals surface area contributed by atoms with Crippen molar-refractivity contribution in [3.8, 4) is 23.2 Å². The second-order valence-electron chi connectivity index (χ2n) is 11.8. The van der Waals surface area contributed by atoms with E-state index in [1.165, 1.54) is 22.4 Å². The third kappa shape index (κ3) is 6.82. The molecule has 3 aromatic rings. The normalized spacial score (nSPS) is 20.7. The molecule has 0 aliphatic carbocycles. The van der Waals surface area contributed by atoms with Crippen LogP contribution in [0.25, 0.3) is 11.4 Å². The van der Waals surface area contributed by atoms with Crippen LogP contribution in [0, 0.1) is 18.3 Å². The molecule has 2 fully saturated rings. The zero-order valence-electron chi connectivity index (χ0n) is 25.6.